The number of anilines is 2. The Balaban J connectivity index is 0.00000300. The van der Waals surface area contributed by atoms with Gasteiger partial charge in [-0.1, -0.05) is 45.0 Å². The molecule has 2 aromatic rings. The number of carbonyl (C=O) groups excluding carboxylic acids is 2. The van der Waals surface area contributed by atoms with Gasteiger partial charge >= 0.3 is 0 Å². The highest BCUT2D eigenvalue weighted by molar-refractivity contribution is 6.07. The summed E-state index contributed by atoms with van der Waals surface area (Å²) in [6.07, 6.45) is 2.50. The van der Waals surface area contributed by atoms with E-state index in [1.807, 2.05) is 36.4 Å². The summed E-state index contributed by atoms with van der Waals surface area (Å²) in [6, 6.07) is 14.9. The summed E-state index contributed by atoms with van der Waals surface area (Å²) in [7, 11) is 0. The number of hydrogen-bond donors (Lipinski definition) is 3. The zero-order valence-corrected chi connectivity index (χ0v) is 18.1. The van der Waals surface area contributed by atoms with E-state index in [4.69, 9.17) is 0 Å². The van der Waals surface area contributed by atoms with E-state index in [0.717, 1.165) is 12.5 Å². The second-order valence-corrected chi connectivity index (χ2v) is 8.45. The first kappa shape index (κ1) is 22.9. The Labute approximate surface area is 179 Å². The SMILES string of the molecule is CC(C)(C)c1ccc(C(=O)Nc2ccccc2NC(=O)CNCC2CC2)cc1.Cl. The minimum Gasteiger partial charge on any atom is -0.323 e. The summed E-state index contributed by atoms with van der Waals surface area (Å²) in [4.78, 5) is 24.8. The van der Waals surface area contributed by atoms with Gasteiger partial charge in [0.1, 0.15) is 0 Å². The maximum atomic E-state index is 12.6. The molecule has 0 bridgehead atoms. The number of nitrogens with one attached hydrogen (secondary N) is 3. The summed E-state index contributed by atoms with van der Waals surface area (Å²) in [5, 5.41) is 8.95. The highest BCUT2D eigenvalue weighted by Gasteiger charge is 2.20. The fourth-order valence-electron chi connectivity index (χ4n) is 2.92. The van der Waals surface area contributed by atoms with Gasteiger partial charge in [-0.2, -0.15) is 0 Å². The van der Waals surface area contributed by atoms with Crippen molar-refractivity contribution in [3.63, 3.8) is 0 Å². The summed E-state index contributed by atoms with van der Waals surface area (Å²) in [6.45, 7) is 7.57. The fraction of sp³-hybridized carbons (Fsp3) is 0.391. The smallest absolute Gasteiger partial charge is 0.255 e. The molecular weight excluding hydrogens is 386 g/mol. The number of hydrogen-bond acceptors (Lipinski definition) is 3. The predicted octanol–water partition coefficient (Wildman–Crippen LogP) is 4.60. The largest absolute Gasteiger partial charge is 0.323 e. The Morgan fingerprint density at radius 2 is 1.52 bits per heavy atom. The van der Waals surface area contributed by atoms with Gasteiger partial charge in [-0.05, 0) is 60.5 Å². The average molecular weight is 416 g/mol. The van der Waals surface area contributed by atoms with Crippen LogP contribution in [0, 0.1) is 5.92 Å². The third kappa shape index (κ3) is 6.87. The van der Waals surface area contributed by atoms with E-state index < -0.39 is 0 Å². The second-order valence-electron chi connectivity index (χ2n) is 8.45. The lowest BCUT2D eigenvalue weighted by molar-refractivity contribution is -0.115. The molecule has 6 heteroatoms. The molecule has 5 nitrogen and oxygen atoms in total. The lowest BCUT2D eigenvalue weighted by Gasteiger charge is -2.19. The fourth-order valence-corrected chi connectivity index (χ4v) is 2.92. The zero-order valence-electron chi connectivity index (χ0n) is 17.2. The monoisotopic (exact) mass is 415 g/mol. The summed E-state index contributed by atoms with van der Waals surface area (Å²) in [5.41, 5.74) is 2.98. The van der Waals surface area contributed by atoms with Crippen molar-refractivity contribution in [1.29, 1.82) is 0 Å². The van der Waals surface area contributed by atoms with Gasteiger partial charge in [0, 0.05) is 5.56 Å². The van der Waals surface area contributed by atoms with Crippen LogP contribution in [0.4, 0.5) is 11.4 Å². The van der Waals surface area contributed by atoms with Crippen LogP contribution < -0.4 is 16.0 Å². The molecule has 0 aromatic heterocycles. The van der Waals surface area contributed by atoms with E-state index in [1.54, 1.807) is 12.1 Å². The van der Waals surface area contributed by atoms with Gasteiger partial charge in [0.15, 0.2) is 0 Å². The number of benzene rings is 2. The van der Waals surface area contributed by atoms with Gasteiger partial charge in [0.2, 0.25) is 5.91 Å². The minimum absolute atomic E-state index is 0. The van der Waals surface area contributed by atoms with Gasteiger partial charge < -0.3 is 16.0 Å². The highest BCUT2D eigenvalue weighted by atomic mass is 35.5. The first-order chi connectivity index (χ1) is 13.3. The van der Waals surface area contributed by atoms with Gasteiger partial charge in [0.05, 0.1) is 17.9 Å². The van der Waals surface area contributed by atoms with Gasteiger partial charge in [-0.3, -0.25) is 9.59 Å². The van der Waals surface area contributed by atoms with Crippen molar-refractivity contribution < 1.29 is 9.59 Å². The molecule has 1 aliphatic rings. The van der Waals surface area contributed by atoms with E-state index in [9.17, 15) is 9.59 Å². The van der Waals surface area contributed by atoms with Crippen molar-refractivity contribution in [1.82, 2.24) is 5.32 Å². The van der Waals surface area contributed by atoms with Crippen LogP contribution in [0.25, 0.3) is 0 Å². The van der Waals surface area contributed by atoms with E-state index >= 15 is 0 Å². The number of rotatable bonds is 7. The molecule has 3 rings (SSSR count). The maximum Gasteiger partial charge on any atom is 0.255 e. The molecule has 29 heavy (non-hydrogen) atoms. The third-order valence-electron chi connectivity index (χ3n) is 4.88. The van der Waals surface area contributed by atoms with Crippen LogP contribution in [-0.2, 0) is 10.2 Å². The highest BCUT2D eigenvalue weighted by Crippen LogP contribution is 2.27. The number of halogens is 1. The predicted molar refractivity (Wildman–Crippen MR) is 121 cm³/mol. The molecule has 0 spiro atoms. The molecule has 0 unspecified atom stereocenters. The molecule has 2 aromatic carbocycles. The van der Waals surface area contributed by atoms with Crippen molar-refractivity contribution >= 4 is 35.6 Å². The van der Waals surface area contributed by atoms with Gasteiger partial charge in [-0.25, -0.2) is 0 Å². The molecule has 0 radical (unpaired) electrons. The van der Waals surface area contributed by atoms with Crippen LogP contribution in [0.1, 0.15) is 49.5 Å². The van der Waals surface area contributed by atoms with Crippen molar-refractivity contribution in [2.24, 2.45) is 5.92 Å². The average Bonchev–Trinajstić information content (AvgIpc) is 3.47. The van der Waals surface area contributed by atoms with E-state index in [1.165, 1.54) is 18.4 Å². The van der Waals surface area contributed by atoms with E-state index in [2.05, 4.69) is 36.7 Å². The summed E-state index contributed by atoms with van der Waals surface area (Å²) in [5.74, 6) is 0.412. The van der Waals surface area contributed by atoms with Crippen LogP contribution in [0.3, 0.4) is 0 Å². The molecule has 2 amide bonds. The number of para-hydroxylation sites is 2. The van der Waals surface area contributed by atoms with Crippen LogP contribution in [-0.4, -0.2) is 24.9 Å². The molecule has 3 N–H and O–H groups in total. The van der Waals surface area contributed by atoms with Crippen molar-refractivity contribution in [3.8, 4) is 0 Å². The van der Waals surface area contributed by atoms with Crippen molar-refractivity contribution in [3.05, 3.63) is 59.7 Å². The quantitative estimate of drug-likeness (QED) is 0.619. The Hall–Kier alpha value is -2.37. The number of carbonyl (C=O) groups is 2. The molecule has 0 aliphatic heterocycles. The molecule has 1 aliphatic carbocycles. The van der Waals surface area contributed by atoms with Gasteiger partial charge in [0.25, 0.3) is 5.91 Å². The lowest BCUT2D eigenvalue weighted by atomic mass is 9.87. The maximum absolute atomic E-state index is 12.6. The normalized spacial score (nSPS) is 13.3. The van der Waals surface area contributed by atoms with Gasteiger partial charge in [-0.15, -0.1) is 12.4 Å². The number of amides is 2. The van der Waals surface area contributed by atoms with Crippen LogP contribution >= 0.6 is 12.4 Å². The van der Waals surface area contributed by atoms with Crippen LogP contribution in [0.5, 0.6) is 0 Å². The van der Waals surface area contributed by atoms with Crippen LogP contribution in [0.15, 0.2) is 48.5 Å². The lowest BCUT2D eigenvalue weighted by Crippen LogP contribution is -2.29. The standard InChI is InChI=1S/C23H29N3O2.ClH/c1-23(2,3)18-12-10-17(11-13-18)22(28)26-20-7-5-4-6-19(20)25-21(27)15-24-14-16-8-9-16;/h4-7,10-13,16,24H,8-9,14-15H2,1-3H3,(H,25,27)(H,26,28);1H. The molecule has 0 saturated heterocycles. The van der Waals surface area contributed by atoms with Crippen molar-refractivity contribution in [2.75, 3.05) is 23.7 Å². The van der Waals surface area contributed by atoms with Crippen molar-refractivity contribution in [2.45, 2.75) is 39.0 Å². The molecular formula is C23H30ClN3O2. The molecule has 156 valence electrons. The summed E-state index contributed by atoms with van der Waals surface area (Å²) < 4.78 is 0. The van der Waals surface area contributed by atoms with Crippen LogP contribution in [0.2, 0.25) is 0 Å². The molecule has 1 fully saturated rings. The second kappa shape index (κ2) is 9.90. The third-order valence-corrected chi connectivity index (χ3v) is 4.88. The summed E-state index contributed by atoms with van der Waals surface area (Å²) >= 11 is 0. The van der Waals surface area contributed by atoms with E-state index in [-0.39, 0.29) is 36.2 Å². The first-order valence-corrected chi connectivity index (χ1v) is 9.84. The van der Waals surface area contributed by atoms with E-state index in [0.29, 0.717) is 16.9 Å². The molecule has 0 atom stereocenters. The molecule has 0 heterocycles. The topological polar surface area (TPSA) is 70.2 Å². The molecule has 1 saturated carbocycles. The Morgan fingerprint density at radius 3 is 2.07 bits per heavy atom. The minimum atomic E-state index is -0.200. The zero-order chi connectivity index (χ0) is 20.1. The Morgan fingerprint density at radius 1 is 0.931 bits per heavy atom. The Bertz CT molecular complexity index is 840. The first-order valence-electron chi connectivity index (χ1n) is 9.84. The Kier molecular flexibility index (Phi) is 7.82.